The Hall–Kier alpha value is -1.09. The molecule has 3 nitrogen and oxygen atoms in total. The molecule has 0 spiro atoms. The van der Waals surface area contributed by atoms with Crippen LogP contribution in [-0.4, -0.2) is 29.6 Å². The lowest BCUT2D eigenvalue weighted by Gasteiger charge is -2.11. The van der Waals surface area contributed by atoms with Gasteiger partial charge in [-0.2, -0.15) is 0 Å². The smallest absolute Gasteiger partial charge is 0.251 e. The minimum absolute atomic E-state index is 0.189. The van der Waals surface area contributed by atoms with Crippen molar-refractivity contribution >= 4 is 0 Å². The van der Waals surface area contributed by atoms with Gasteiger partial charge in [0.1, 0.15) is 0 Å². The predicted molar refractivity (Wildman–Crippen MR) is 63.8 cm³/mol. The Morgan fingerprint density at radius 3 is 2.69 bits per heavy atom. The van der Waals surface area contributed by atoms with Crippen LogP contribution in [0, 0.1) is 0 Å². The Labute approximate surface area is 95.7 Å². The van der Waals surface area contributed by atoms with Gasteiger partial charge in [-0.15, -0.1) is 0 Å². The molecule has 2 heterocycles. The maximum atomic E-state index is 11.9. The van der Waals surface area contributed by atoms with E-state index in [0.717, 1.165) is 13.1 Å². The molecular weight excluding hydrogens is 200 g/mol. The summed E-state index contributed by atoms with van der Waals surface area (Å²) in [5.74, 6) is 0.562. The maximum absolute atomic E-state index is 11.9. The highest BCUT2D eigenvalue weighted by Crippen LogP contribution is 2.33. The molecule has 3 rings (SSSR count). The Kier molecular flexibility index (Phi) is 2.36. The second kappa shape index (κ2) is 3.74. The number of likely N-dealkylation sites (N-methyl/N-ethyl adjacent to an activating group) is 1. The van der Waals surface area contributed by atoms with Gasteiger partial charge in [0.05, 0.1) is 0 Å². The average Bonchev–Trinajstić information content (AvgIpc) is 3.01. The summed E-state index contributed by atoms with van der Waals surface area (Å²) in [5, 5.41) is 0. The number of rotatable bonds is 2. The number of nitrogens with zero attached hydrogens (tertiary/aromatic N) is 2. The van der Waals surface area contributed by atoms with Crippen molar-refractivity contribution in [2.75, 3.05) is 20.1 Å². The zero-order valence-electron chi connectivity index (χ0n) is 9.72. The van der Waals surface area contributed by atoms with Crippen LogP contribution in [-0.2, 0) is 0 Å². The van der Waals surface area contributed by atoms with Gasteiger partial charge in [0.15, 0.2) is 0 Å². The largest absolute Gasteiger partial charge is 0.312 e. The van der Waals surface area contributed by atoms with Crippen molar-refractivity contribution in [2.45, 2.75) is 31.2 Å². The molecule has 1 saturated carbocycles. The van der Waals surface area contributed by atoms with E-state index in [1.165, 1.54) is 24.8 Å². The molecule has 1 saturated heterocycles. The molecule has 1 aromatic rings. The fraction of sp³-hybridized carbons (Fsp3) is 0.615. The van der Waals surface area contributed by atoms with Gasteiger partial charge in [0.2, 0.25) is 0 Å². The van der Waals surface area contributed by atoms with Gasteiger partial charge in [-0.25, -0.2) is 0 Å². The van der Waals surface area contributed by atoms with Crippen LogP contribution in [0.5, 0.6) is 0 Å². The molecule has 0 amide bonds. The van der Waals surface area contributed by atoms with Crippen molar-refractivity contribution in [2.24, 2.45) is 0 Å². The first-order valence-corrected chi connectivity index (χ1v) is 6.14. The highest BCUT2D eigenvalue weighted by Gasteiger charge is 2.26. The average molecular weight is 218 g/mol. The van der Waals surface area contributed by atoms with Crippen LogP contribution in [0.1, 0.15) is 36.8 Å². The summed E-state index contributed by atoms with van der Waals surface area (Å²) >= 11 is 0. The van der Waals surface area contributed by atoms with Crippen LogP contribution in [0.15, 0.2) is 23.1 Å². The molecule has 1 aliphatic heterocycles. The molecule has 0 bridgehead atoms. The second-order valence-electron chi connectivity index (χ2n) is 5.18. The van der Waals surface area contributed by atoms with Gasteiger partial charge in [0, 0.05) is 24.8 Å². The zero-order valence-corrected chi connectivity index (χ0v) is 9.72. The fourth-order valence-electron chi connectivity index (χ4n) is 2.62. The van der Waals surface area contributed by atoms with E-state index in [1.807, 2.05) is 16.8 Å². The molecule has 2 aliphatic rings. The lowest BCUT2D eigenvalue weighted by Crippen LogP contribution is -2.19. The fourth-order valence-corrected chi connectivity index (χ4v) is 2.62. The van der Waals surface area contributed by atoms with Gasteiger partial charge in [0.25, 0.3) is 5.56 Å². The topological polar surface area (TPSA) is 25.2 Å². The Morgan fingerprint density at radius 2 is 2.12 bits per heavy atom. The third kappa shape index (κ3) is 1.80. The highest BCUT2D eigenvalue weighted by molar-refractivity contribution is 5.19. The van der Waals surface area contributed by atoms with Crippen LogP contribution < -0.4 is 5.56 Å². The van der Waals surface area contributed by atoms with Crippen molar-refractivity contribution in [1.29, 1.82) is 0 Å². The highest BCUT2D eigenvalue weighted by atomic mass is 16.1. The van der Waals surface area contributed by atoms with Crippen molar-refractivity contribution in [3.63, 3.8) is 0 Å². The summed E-state index contributed by atoms with van der Waals surface area (Å²) in [5.41, 5.74) is 1.42. The Bertz CT molecular complexity index is 447. The maximum Gasteiger partial charge on any atom is 0.251 e. The molecule has 1 aromatic heterocycles. The Balaban J connectivity index is 1.86. The molecule has 3 heteroatoms. The zero-order chi connectivity index (χ0) is 11.1. The number of hydrogen-bond acceptors (Lipinski definition) is 2. The van der Waals surface area contributed by atoms with Crippen molar-refractivity contribution < 1.29 is 0 Å². The summed E-state index contributed by atoms with van der Waals surface area (Å²) in [7, 11) is 2.14. The number of aromatic nitrogens is 1. The molecule has 1 unspecified atom stereocenters. The SMILES string of the molecule is CN1CCC(c2ccn(C3CC3)c(=O)c2)C1. The molecule has 86 valence electrons. The van der Waals surface area contributed by atoms with Gasteiger partial charge < -0.3 is 9.47 Å². The second-order valence-corrected chi connectivity index (χ2v) is 5.18. The van der Waals surface area contributed by atoms with E-state index in [-0.39, 0.29) is 5.56 Å². The molecule has 2 fully saturated rings. The van der Waals surface area contributed by atoms with E-state index in [9.17, 15) is 4.79 Å². The third-order valence-corrected chi connectivity index (χ3v) is 3.78. The van der Waals surface area contributed by atoms with Crippen molar-refractivity contribution in [3.05, 3.63) is 34.2 Å². The van der Waals surface area contributed by atoms with Crippen molar-refractivity contribution in [3.8, 4) is 0 Å². The van der Waals surface area contributed by atoms with Crippen LogP contribution in [0.25, 0.3) is 0 Å². The van der Waals surface area contributed by atoms with Crippen molar-refractivity contribution in [1.82, 2.24) is 9.47 Å². The normalized spacial score (nSPS) is 26.2. The summed E-state index contributed by atoms with van der Waals surface area (Å²) in [6.45, 7) is 2.24. The van der Waals surface area contributed by atoms with Crippen LogP contribution in [0.3, 0.4) is 0 Å². The number of pyridine rings is 1. The predicted octanol–water partition coefficient (Wildman–Crippen LogP) is 1.60. The van der Waals surface area contributed by atoms with Crippen LogP contribution in [0.4, 0.5) is 0 Å². The summed E-state index contributed by atoms with van der Waals surface area (Å²) < 4.78 is 1.89. The van der Waals surface area contributed by atoms with Gasteiger partial charge >= 0.3 is 0 Å². The van der Waals surface area contributed by atoms with E-state index >= 15 is 0 Å². The number of hydrogen-bond donors (Lipinski definition) is 0. The molecule has 1 atom stereocenters. The first kappa shape index (κ1) is 10.1. The monoisotopic (exact) mass is 218 g/mol. The first-order valence-electron chi connectivity index (χ1n) is 6.14. The van der Waals surface area contributed by atoms with E-state index in [1.54, 1.807) is 0 Å². The van der Waals surface area contributed by atoms with E-state index in [4.69, 9.17) is 0 Å². The summed E-state index contributed by atoms with van der Waals surface area (Å²) in [6.07, 6.45) is 5.52. The standard InChI is InChI=1S/C13H18N2O/c1-14-6-4-11(9-14)10-5-7-15(12-2-3-12)13(16)8-10/h5,7-8,11-12H,2-4,6,9H2,1H3. The molecule has 0 radical (unpaired) electrons. The van der Waals surface area contributed by atoms with Crippen LogP contribution >= 0.6 is 0 Å². The van der Waals surface area contributed by atoms with E-state index in [2.05, 4.69) is 18.0 Å². The lowest BCUT2D eigenvalue weighted by molar-refractivity contribution is 0.411. The molecule has 1 aliphatic carbocycles. The van der Waals surface area contributed by atoms with Crippen LogP contribution in [0.2, 0.25) is 0 Å². The van der Waals surface area contributed by atoms with Gasteiger partial charge in [-0.05, 0) is 50.4 Å². The minimum Gasteiger partial charge on any atom is -0.312 e. The molecule has 0 aromatic carbocycles. The third-order valence-electron chi connectivity index (χ3n) is 3.78. The quantitative estimate of drug-likeness (QED) is 0.753. The molecular formula is C13H18N2O. The summed E-state index contributed by atoms with van der Waals surface area (Å²) in [6, 6.07) is 4.49. The van der Waals surface area contributed by atoms with Gasteiger partial charge in [-0.3, -0.25) is 4.79 Å². The van der Waals surface area contributed by atoms with E-state index < -0.39 is 0 Å². The van der Waals surface area contributed by atoms with Gasteiger partial charge in [-0.1, -0.05) is 0 Å². The minimum atomic E-state index is 0.189. The molecule has 16 heavy (non-hydrogen) atoms. The number of likely N-dealkylation sites (tertiary alicyclic amines) is 1. The first-order chi connectivity index (χ1) is 7.74. The Morgan fingerprint density at radius 1 is 1.31 bits per heavy atom. The molecule has 0 N–H and O–H groups in total. The van der Waals surface area contributed by atoms with E-state index in [0.29, 0.717) is 12.0 Å². The summed E-state index contributed by atoms with van der Waals surface area (Å²) in [4.78, 5) is 14.2. The lowest BCUT2D eigenvalue weighted by atomic mass is 10.00.